The van der Waals surface area contributed by atoms with Gasteiger partial charge >= 0.3 is 0 Å². The standard InChI is InChI=1S/C24H21N3OS2/c1-22(2)23(3)12-13-24(22,19-18(23)25-14-8-4-5-9-15(14)26-19)20(28)30-21-27-16-10-6-7-11-17(16)29-21/h4-11H,12-13H2,1-3H3. The van der Waals surface area contributed by atoms with Crippen LogP contribution >= 0.6 is 23.1 Å². The zero-order valence-corrected chi connectivity index (χ0v) is 18.7. The Kier molecular flexibility index (Phi) is 3.62. The second kappa shape index (κ2) is 5.89. The zero-order chi connectivity index (χ0) is 20.7. The summed E-state index contributed by atoms with van der Waals surface area (Å²) in [5.41, 5.74) is 3.54. The Labute approximate surface area is 183 Å². The number of benzene rings is 2. The van der Waals surface area contributed by atoms with Gasteiger partial charge in [0.05, 0.1) is 38.1 Å². The monoisotopic (exact) mass is 431 g/mol. The number of thioether (sulfide) groups is 1. The van der Waals surface area contributed by atoms with Crippen LogP contribution in [0.3, 0.4) is 0 Å². The van der Waals surface area contributed by atoms with E-state index in [-0.39, 0.29) is 15.9 Å². The van der Waals surface area contributed by atoms with Crippen molar-refractivity contribution in [3.05, 3.63) is 59.9 Å². The van der Waals surface area contributed by atoms with Crippen molar-refractivity contribution in [2.45, 2.75) is 48.8 Å². The second-order valence-corrected chi connectivity index (χ2v) is 11.4. The molecule has 30 heavy (non-hydrogen) atoms. The summed E-state index contributed by atoms with van der Waals surface area (Å²) >= 11 is 2.87. The smallest absolute Gasteiger partial charge is 0.208 e. The van der Waals surface area contributed by atoms with Crippen molar-refractivity contribution >= 4 is 49.5 Å². The molecule has 2 aliphatic carbocycles. The summed E-state index contributed by atoms with van der Waals surface area (Å²) in [6, 6.07) is 16.0. The van der Waals surface area contributed by atoms with Crippen LogP contribution in [0, 0.1) is 5.41 Å². The summed E-state index contributed by atoms with van der Waals surface area (Å²) in [6.07, 6.45) is 1.76. The number of carbonyl (C=O) groups is 1. The Morgan fingerprint density at radius 1 is 0.867 bits per heavy atom. The van der Waals surface area contributed by atoms with Crippen molar-refractivity contribution in [2.75, 3.05) is 0 Å². The third-order valence-electron chi connectivity index (χ3n) is 7.75. The first-order valence-electron chi connectivity index (χ1n) is 10.2. The maximum atomic E-state index is 14.0. The van der Waals surface area contributed by atoms with Crippen LogP contribution in [0.25, 0.3) is 21.3 Å². The number of hydrogen-bond acceptors (Lipinski definition) is 6. The average Bonchev–Trinajstić information content (AvgIpc) is 3.28. The van der Waals surface area contributed by atoms with Gasteiger partial charge in [-0.25, -0.2) is 15.0 Å². The Hall–Kier alpha value is -2.31. The fraction of sp³-hybridized carbons (Fsp3) is 0.333. The van der Waals surface area contributed by atoms with Crippen LogP contribution in [0.5, 0.6) is 0 Å². The van der Waals surface area contributed by atoms with Gasteiger partial charge in [0.25, 0.3) is 0 Å². The van der Waals surface area contributed by atoms with Crippen molar-refractivity contribution in [3.8, 4) is 0 Å². The van der Waals surface area contributed by atoms with Gasteiger partial charge < -0.3 is 0 Å². The minimum atomic E-state index is -0.642. The van der Waals surface area contributed by atoms with E-state index in [0.717, 1.165) is 49.8 Å². The third-order valence-corrected chi connectivity index (χ3v) is 9.88. The molecule has 0 amide bonds. The summed E-state index contributed by atoms with van der Waals surface area (Å²) in [4.78, 5) is 28.8. The van der Waals surface area contributed by atoms with Crippen molar-refractivity contribution in [3.63, 3.8) is 0 Å². The molecule has 2 atom stereocenters. The zero-order valence-electron chi connectivity index (χ0n) is 17.1. The Balaban J connectivity index is 1.52. The molecule has 4 aromatic rings. The molecule has 2 heterocycles. The molecule has 0 aliphatic heterocycles. The molecule has 0 spiro atoms. The molecule has 4 nitrogen and oxygen atoms in total. The highest BCUT2D eigenvalue weighted by molar-refractivity contribution is 8.15. The molecular weight excluding hydrogens is 410 g/mol. The van der Waals surface area contributed by atoms with Gasteiger partial charge in [0.15, 0.2) is 4.34 Å². The molecule has 150 valence electrons. The first-order valence-corrected chi connectivity index (χ1v) is 11.9. The van der Waals surface area contributed by atoms with E-state index in [1.54, 1.807) is 11.3 Å². The highest BCUT2D eigenvalue weighted by atomic mass is 32.2. The van der Waals surface area contributed by atoms with Gasteiger partial charge in [-0.05, 0) is 54.3 Å². The van der Waals surface area contributed by atoms with Crippen LogP contribution in [0.15, 0.2) is 52.9 Å². The van der Waals surface area contributed by atoms with Crippen LogP contribution in [0.2, 0.25) is 0 Å². The fourth-order valence-corrected chi connectivity index (χ4v) is 7.85. The van der Waals surface area contributed by atoms with Crippen molar-refractivity contribution in [2.24, 2.45) is 5.41 Å². The predicted octanol–water partition coefficient (Wildman–Crippen LogP) is 5.89. The normalized spacial score (nSPS) is 26.4. The third kappa shape index (κ3) is 2.08. The van der Waals surface area contributed by atoms with Gasteiger partial charge in [-0.1, -0.05) is 45.0 Å². The molecule has 1 saturated carbocycles. The van der Waals surface area contributed by atoms with Gasteiger partial charge in [0, 0.05) is 5.41 Å². The molecule has 0 radical (unpaired) electrons. The van der Waals surface area contributed by atoms with Crippen LogP contribution in [0.4, 0.5) is 0 Å². The van der Waals surface area contributed by atoms with Crippen LogP contribution in [0.1, 0.15) is 45.0 Å². The number of rotatable bonds is 2. The number of nitrogens with zero attached hydrogens (tertiary/aromatic N) is 3. The number of thiazole rings is 1. The first-order chi connectivity index (χ1) is 14.4. The lowest BCUT2D eigenvalue weighted by molar-refractivity contribution is -0.119. The van der Waals surface area contributed by atoms with E-state index in [1.165, 1.54) is 11.8 Å². The van der Waals surface area contributed by atoms with Crippen LogP contribution < -0.4 is 0 Å². The summed E-state index contributed by atoms with van der Waals surface area (Å²) in [6.45, 7) is 6.72. The van der Waals surface area contributed by atoms with Crippen LogP contribution in [-0.4, -0.2) is 20.1 Å². The van der Waals surface area contributed by atoms with E-state index >= 15 is 0 Å². The van der Waals surface area contributed by atoms with E-state index in [4.69, 9.17) is 15.0 Å². The summed E-state index contributed by atoms with van der Waals surface area (Å²) in [5.74, 6) is 0. The summed E-state index contributed by atoms with van der Waals surface area (Å²) in [5, 5.41) is 0.151. The molecular formula is C24H21N3OS2. The topological polar surface area (TPSA) is 55.7 Å². The molecule has 2 aromatic heterocycles. The fourth-order valence-electron chi connectivity index (χ4n) is 5.56. The molecule has 2 aromatic carbocycles. The lowest BCUT2D eigenvalue weighted by atomic mass is 9.64. The SMILES string of the molecule is CC12CCC(C(=O)Sc3nc4ccccc4s3)(c3nc4ccccc4nc31)C2(C)C. The first kappa shape index (κ1) is 18.5. The Morgan fingerprint density at radius 2 is 1.50 bits per heavy atom. The van der Waals surface area contributed by atoms with Crippen molar-refractivity contribution in [1.29, 1.82) is 0 Å². The van der Waals surface area contributed by atoms with E-state index in [0.29, 0.717) is 0 Å². The van der Waals surface area contributed by atoms with Gasteiger partial charge in [-0.15, -0.1) is 11.3 Å². The maximum absolute atomic E-state index is 14.0. The maximum Gasteiger partial charge on any atom is 0.208 e. The van der Waals surface area contributed by atoms with E-state index < -0.39 is 5.41 Å². The highest BCUT2D eigenvalue weighted by Crippen LogP contribution is 2.71. The second-order valence-electron chi connectivity index (χ2n) is 9.11. The molecule has 2 aliphatic rings. The molecule has 0 saturated heterocycles. The lowest BCUT2D eigenvalue weighted by Gasteiger charge is -2.39. The van der Waals surface area contributed by atoms with Gasteiger partial charge in [0.1, 0.15) is 0 Å². The van der Waals surface area contributed by atoms with Crippen molar-refractivity contribution in [1.82, 2.24) is 15.0 Å². The Morgan fingerprint density at radius 3 is 2.20 bits per heavy atom. The molecule has 6 rings (SSSR count). The molecule has 2 unspecified atom stereocenters. The number of carbonyl (C=O) groups excluding carboxylic acids is 1. The number of para-hydroxylation sites is 3. The molecule has 6 heteroatoms. The Bertz CT molecular complexity index is 1330. The van der Waals surface area contributed by atoms with E-state index in [2.05, 4.69) is 26.8 Å². The minimum absolute atomic E-state index is 0.151. The predicted molar refractivity (Wildman–Crippen MR) is 122 cm³/mol. The van der Waals surface area contributed by atoms with E-state index in [9.17, 15) is 4.79 Å². The van der Waals surface area contributed by atoms with Crippen molar-refractivity contribution < 1.29 is 4.79 Å². The average molecular weight is 432 g/mol. The number of aromatic nitrogens is 3. The largest absolute Gasteiger partial charge is 0.286 e. The van der Waals surface area contributed by atoms with Gasteiger partial charge in [-0.3, -0.25) is 4.79 Å². The highest BCUT2D eigenvalue weighted by Gasteiger charge is 2.73. The van der Waals surface area contributed by atoms with Gasteiger partial charge in [0.2, 0.25) is 5.12 Å². The van der Waals surface area contributed by atoms with Gasteiger partial charge in [-0.2, -0.15) is 0 Å². The summed E-state index contributed by atoms with van der Waals surface area (Å²) < 4.78 is 1.92. The number of hydrogen-bond donors (Lipinski definition) is 0. The quantitative estimate of drug-likeness (QED) is 0.371. The molecule has 2 bridgehead atoms. The number of fused-ring (bicyclic) bond motifs is 7. The molecule has 1 fully saturated rings. The summed E-state index contributed by atoms with van der Waals surface area (Å²) in [7, 11) is 0. The van der Waals surface area contributed by atoms with Crippen LogP contribution in [-0.2, 0) is 15.6 Å². The van der Waals surface area contributed by atoms with E-state index in [1.807, 2.05) is 42.5 Å². The lowest BCUT2D eigenvalue weighted by Crippen LogP contribution is -2.44. The minimum Gasteiger partial charge on any atom is -0.286 e. The molecule has 0 N–H and O–H groups in total.